The molecule has 8 heteroatoms. The molecular weight excluding hydrogens is 845 g/mol. The van der Waals surface area contributed by atoms with Crippen molar-refractivity contribution in [3.8, 4) is 45.0 Å². The van der Waals surface area contributed by atoms with E-state index in [0.717, 1.165) is 57.1 Å². The highest BCUT2D eigenvalue weighted by atomic mass is 32.1. The minimum atomic E-state index is 0.953. The Balaban J connectivity index is 1.03. The Morgan fingerprint density at radius 2 is 0.758 bits per heavy atom. The van der Waals surface area contributed by atoms with E-state index in [1.807, 2.05) is 36.9 Å². The molecule has 0 fully saturated rings. The van der Waals surface area contributed by atoms with Crippen molar-refractivity contribution >= 4 is 77.2 Å². The molecule has 314 valence electrons. The summed E-state index contributed by atoms with van der Waals surface area (Å²) in [7, 11) is 0. The summed E-state index contributed by atoms with van der Waals surface area (Å²) in [5, 5.41) is 7.07. The van der Waals surface area contributed by atoms with Crippen LogP contribution in [-0.2, 0) is 0 Å². The van der Waals surface area contributed by atoms with Crippen LogP contribution in [0.4, 0.5) is 34.4 Å². The van der Waals surface area contributed by atoms with Crippen LogP contribution in [0, 0.1) is 0 Å². The van der Waals surface area contributed by atoms with Crippen LogP contribution < -0.4 is 9.80 Å². The smallest absolute Gasteiger partial charge is 0.122 e. The van der Waals surface area contributed by atoms with Gasteiger partial charge in [0.25, 0.3) is 0 Å². The zero-order valence-electron chi connectivity index (χ0n) is 35.6. The first-order valence-corrected chi connectivity index (χ1v) is 23.6. The van der Waals surface area contributed by atoms with Crippen molar-refractivity contribution in [2.45, 2.75) is 0 Å². The highest BCUT2D eigenvalue weighted by Gasteiger charge is 2.26. The van der Waals surface area contributed by atoms with Gasteiger partial charge in [-0.3, -0.25) is 28.9 Å². The molecule has 0 atom stereocenters. The number of fused-ring (bicyclic) bond motifs is 2. The van der Waals surface area contributed by atoms with Gasteiger partial charge in [0.2, 0.25) is 0 Å². The van der Waals surface area contributed by atoms with Gasteiger partial charge in [-0.15, -0.1) is 22.7 Å². The normalized spacial score (nSPS) is 11.3. The molecule has 6 heterocycles. The Hall–Kier alpha value is -8.30. The number of para-hydroxylation sites is 2. The lowest BCUT2D eigenvalue weighted by Crippen LogP contribution is -2.16. The van der Waals surface area contributed by atoms with Gasteiger partial charge in [-0.25, -0.2) is 0 Å². The monoisotopic (exact) mass is 884 g/mol. The molecule has 0 aliphatic carbocycles. The second-order valence-electron chi connectivity index (χ2n) is 16.0. The number of hydrogen-bond acceptors (Lipinski definition) is 6. The quantitative estimate of drug-likeness (QED) is 0.130. The summed E-state index contributed by atoms with van der Waals surface area (Å²) in [6.45, 7) is 0. The van der Waals surface area contributed by atoms with Crippen LogP contribution in [-0.4, -0.2) is 19.1 Å². The van der Waals surface area contributed by atoms with Crippen LogP contribution in [0.5, 0.6) is 0 Å². The highest BCUT2D eigenvalue weighted by molar-refractivity contribution is 7.18. The minimum absolute atomic E-state index is 0.953. The third kappa shape index (κ3) is 7.05. The zero-order chi connectivity index (χ0) is 43.8. The fraction of sp³-hybridized carbons (Fsp3) is 0. The van der Waals surface area contributed by atoms with Crippen molar-refractivity contribution in [1.29, 1.82) is 0 Å². The lowest BCUT2D eigenvalue weighted by Gasteiger charge is -2.28. The Labute approximate surface area is 390 Å². The van der Waals surface area contributed by atoms with Gasteiger partial charge >= 0.3 is 0 Å². The van der Waals surface area contributed by atoms with E-state index in [1.54, 1.807) is 22.7 Å². The second-order valence-corrected chi connectivity index (χ2v) is 17.8. The summed E-state index contributed by atoms with van der Waals surface area (Å²) in [6.07, 6.45) is 7.53. The number of rotatable bonds is 11. The third-order valence-corrected chi connectivity index (χ3v) is 14.0. The van der Waals surface area contributed by atoms with Gasteiger partial charge in [-0.2, -0.15) is 0 Å². The van der Waals surface area contributed by atoms with Gasteiger partial charge in [0, 0.05) is 66.4 Å². The first kappa shape index (κ1) is 39.3. The van der Waals surface area contributed by atoms with E-state index >= 15 is 0 Å². The molecule has 0 bridgehead atoms. The number of pyridine rings is 2. The zero-order valence-corrected chi connectivity index (χ0v) is 37.2. The lowest BCUT2D eigenvalue weighted by molar-refractivity contribution is 0.998. The summed E-state index contributed by atoms with van der Waals surface area (Å²) in [6, 6.07) is 73.5. The minimum Gasteiger partial charge on any atom is -0.295 e. The molecule has 0 aliphatic heterocycles. The molecule has 0 unspecified atom stereocenters. The molecule has 0 saturated carbocycles. The summed E-state index contributed by atoms with van der Waals surface area (Å²) in [5.41, 5.74) is 12.9. The Morgan fingerprint density at radius 1 is 0.348 bits per heavy atom. The molecule has 6 nitrogen and oxygen atoms in total. The molecule has 12 aromatic rings. The maximum atomic E-state index is 4.62. The number of benzene rings is 6. The van der Waals surface area contributed by atoms with E-state index in [2.05, 4.69) is 234 Å². The van der Waals surface area contributed by atoms with Gasteiger partial charge in [0.1, 0.15) is 11.6 Å². The topological polar surface area (TPSA) is 42.1 Å². The Kier molecular flexibility index (Phi) is 10.1. The number of thiophene rings is 2. The van der Waals surface area contributed by atoms with Crippen LogP contribution in [0.1, 0.15) is 0 Å². The number of hydrogen-bond donors (Lipinski definition) is 0. The van der Waals surface area contributed by atoms with Crippen molar-refractivity contribution in [3.05, 3.63) is 242 Å². The predicted molar refractivity (Wildman–Crippen MR) is 277 cm³/mol. The van der Waals surface area contributed by atoms with Crippen LogP contribution in [0.25, 0.3) is 65.2 Å². The molecule has 0 saturated heterocycles. The van der Waals surface area contributed by atoms with Gasteiger partial charge < -0.3 is 0 Å². The average molecular weight is 885 g/mol. The molecule has 6 aromatic carbocycles. The predicted octanol–water partition coefficient (Wildman–Crippen LogP) is 16.4. The molecule has 0 radical (unpaired) electrons. The fourth-order valence-corrected chi connectivity index (χ4v) is 11.0. The lowest BCUT2D eigenvalue weighted by atomic mass is 10.0. The largest absolute Gasteiger partial charge is 0.295 e. The highest BCUT2D eigenvalue weighted by Crippen LogP contribution is 2.45. The van der Waals surface area contributed by atoms with Crippen molar-refractivity contribution in [1.82, 2.24) is 19.1 Å². The second kappa shape index (κ2) is 17.0. The molecule has 0 N–H and O–H groups in total. The third-order valence-electron chi connectivity index (χ3n) is 12.1. The van der Waals surface area contributed by atoms with E-state index < -0.39 is 0 Å². The SMILES string of the molecule is c1ccc(-n2c(-c3ccc(N(c4ccc(-c5csc6ccccc56)cc4)c4cccnc4)n3-c3ccccc3)ccc2N(c2ccc(-c3csc4ccccc34)cc2)c2cccnc2)cc1. The van der Waals surface area contributed by atoms with Crippen molar-refractivity contribution in [2.24, 2.45) is 0 Å². The molecule has 12 rings (SSSR count). The molecule has 6 aromatic heterocycles. The van der Waals surface area contributed by atoms with Gasteiger partial charge in [0.15, 0.2) is 0 Å². The van der Waals surface area contributed by atoms with Crippen LogP contribution in [0.15, 0.2) is 242 Å². The summed E-state index contributed by atoms with van der Waals surface area (Å²) in [4.78, 5) is 13.8. The van der Waals surface area contributed by atoms with Crippen molar-refractivity contribution in [2.75, 3.05) is 9.80 Å². The van der Waals surface area contributed by atoms with E-state index in [0.29, 0.717) is 0 Å². The van der Waals surface area contributed by atoms with E-state index in [9.17, 15) is 0 Å². The molecule has 66 heavy (non-hydrogen) atoms. The number of aromatic nitrogens is 4. The van der Waals surface area contributed by atoms with Gasteiger partial charge in [-0.1, -0.05) is 97.1 Å². The first-order valence-electron chi connectivity index (χ1n) is 21.9. The van der Waals surface area contributed by atoms with Crippen molar-refractivity contribution < 1.29 is 0 Å². The maximum Gasteiger partial charge on any atom is 0.122 e. The summed E-state index contributed by atoms with van der Waals surface area (Å²) in [5.74, 6) is 1.95. The van der Waals surface area contributed by atoms with Crippen LogP contribution in [0.2, 0.25) is 0 Å². The van der Waals surface area contributed by atoms with Gasteiger partial charge in [-0.05, 0) is 131 Å². The van der Waals surface area contributed by atoms with E-state index in [1.165, 1.54) is 42.4 Å². The summed E-state index contributed by atoms with van der Waals surface area (Å²) < 4.78 is 7.30. The molecular formula is C58H40N6S2. The maximum absolute atomic E-state index is 4.62. The summed E-state index contributed by atoms with van der Waals surface area (Å²) >= 11 is 3.57. The number of anilines is 6. The molecule has 0 amide bonds. The van der Waals surface area contributed by atoms with Gasteiger partial charge in [0.05, 0.1) is 35.2 Å². The first-order chi connectivity index (χ1) is 32.8. The Morgan fingerprint density at radius 3 is 1.17 bits per heavy atom. The standard InChI is InChI=1S/C58H40N6S2/c1-3-13-43(14-4-1)63-53(31-33-57(63)61(47-17-11-35-59-37-47)45-27-23-41(24-28-45)51-39-65-55-21-9-7-19-49(51)55)54-32-34-58(64(54)44-15-5-2-6-16-44)62(48-18-12-36-60-38-48)46-29-25-42(26-30-46)52-40-66-56-22-10-8-20-50(52)56/h1-40H. The van der Waals surface area contributed by atoms with Crippen molar-refractivity contribution in [3.63, 3.8) is 0 Å². The van der Waals surface area contributed by atoms with Crippen LogP contribution in [0.3, 0.4) is 0 Å². The van der Waals surface area contributed by atoms with E-state index in [4.69, 9.17) is 0 Å². The molecule has 0 aliphatic rings. The molecule has 0 spiro atoms. The van der Waals surface area contributed by atoms with E-state index in [-0.39, 0.29) is 0 Å². The fourth-order valence-electron chi connectivity index (χ4n) is 9.08. The van der Waals surface area contributed by atoms with Crippen LogP contribution >= 0.6 is 22.7 Å². The Bertz CT molecular complexity index is 3340. The average Bonchev–Trinajstić information content (AvgIpc) is 4.22. The number of nitrogens with zero attached hydrogens (tertiary/aromatic N) is 6.